The Morgan fingerprint density at radius 2 is 2.06 bits per heavy atom. The molecule has 2 rings (SSSR count). The molecular weight excluding hydrogens is 230 g/mol. The van der Waals surface area contributed by atoms with Crippen LogP contribution in [0.15, 0.2) is 18.2 Å². The van der Waals surface area contributed by atoms with Gasteiger partial charge in [0.25, 0.3) is 0 Å². The fourth-order valence-corrected chi connectivity index (χ4v) is 1.60. The molecule has 0 bridgehead atoms. The fraction of sp³-hybridized carbons (Fsp3) is 0.364. The summed E-state index contributed by atoms with van der Waals surface area (Å²) in [5.41, 5.74) is -0.441. The van der Waals surface area contributed by atoms with Gasteiger partial charge in [-0.3, -0.25) is 0 Å². The number of ether oxygens (including phenoxy) is 1. The lowest BCUT2D eigenvalue weighted by atomic mass is 10.2. The van der Waals surface area contributed by atoms with Gasteiger partial charge >= 0.3 is 6.03 Å². The Balaban J connectivity index is 1.97. The van der Waals surface area contributed by atoms with Gasteiger partial charge in [-0.05, 0) is 18.6 Å². The average Bonchev–Trinajstić information content (AvgIpc) is 2.76. The number of hydrogen-bond donors (Lipinski definition) is 2. The highest BCUT2D eigenvalue weighted by atomic mass is 19.1. The third-order valence-corrected chi connectivity index (χ3v) is 2.47. The summed E-state index contributed by atoms with van der Waals surface area (Å²) in [5, 5.41) is 4.72. The highest BCUT2D eigenvalue weighted by Crippen LogP contribution is 2.17. The van der Waals surface area contributed by atoms with Crippen LogP contribution >= 0.6 is 0 Å². The van der Waals surface area contributed by atoms with Crippen LogP contribution < -0.4 is 10.6 Å². The summed E-state index contributed by atoms with van der Waals surface area (Å²) in [6.07, 6.45) is 0.702. The average molecular weight is 242 g/mol. The third-order valence-electron chi connectivity index (χ3n) is 2.47. The number of hydrogen-bond acceptors (Lipinski definition) is 2. The molecular formula is C11H12F2N2O2. The van der Waals surface area contributed by atoms with Crippen LogP contribution in [0.5, 0.6) is 0 Å². The number of amides is 2. The minimum absolute atomic E-state index is 0.107. The molecule has 0 radical (unpaired) electrons. The van der Waals surface area contributed by atoms with Crippen molar-refractivity contribution in [1.29, 1.82) is 0 Å². The molecule has 1 fully saturated rings. The van der Waals surface area contributed by atoms with E-state index < -0.39 is 23.4 Å². The van der Waals surface area contributed by atoms with Gasteiger partial charge in [-0.25, -0.2) is 13.6 Å². The first-order valence-corrected chi connectivity index (χ1v) is 5.26. The van der Waals surface area contributed by atoms with E-state index in [-0.39, 0.29) is 6.04 Å². The highest BCUT2D eigenvalue weighted by Gasteiger charge is 2.19. The molecule has 1 aliphatic heterocycles. The number of anilines is 1. The van der Waals surface area contributed by atoms with Gasteiger partial charge < -0.3 is 15.4 Å². The standard InChI is InChI=1S/C11H12F2N2O2/c12-8-2-1-3-9(13)10(8)15-11(16)14-7-4-5-17-6-7/h1-3,7H,4-6H2,(H2,14,15,16). The Labute approximate surface area is 97.0 Å². The lowest BCUT2D eigenvalue weighted by Gasteiger charge is -2.12. The minimum Gasteiger partial charge on any atom is -0.379 e. The fourth-order valence-electron chi connectivity index (χ4n) is 1.60. The zero-order chi connectivity index (χ0) is 12.3. The number of urea groups is 1. The van der Waals surface area contributed by atoms with Gasteiger partial charge in [0.05, 0.1) is 12.6 Å². The van der Waals surface area contributed by atoms with Crippen molar-refractivity contribution < 1.29 is 18.3 Å². The molecule has 0 aromatic heterocycles. The van der Waals surface area contributed by atoms with Crippen LogP contribution in [0.25, 0.3) is 0 Å². The molecule has 1 atom stereocenters. The summed E-state index contributed by atoms with van der Waals surface area (Å²) in [5.74, 6) is -1.61. The lowest BCUT2D eigenvalue weighted by molar-refractivity contribution is 0.189. The zero-order valence-electron chi connectivity index (χ0n) is 9.00. The van der Waals surface area contributed by atoms with Gasteiger partial charge in [0.2, 0.25) is 0 Å². The van der Waals surface area contributed by atoms with Crippen molar-refractivity contribution >= 4 is 11.7 Å². The Morgan fingerprint density at radius 1 is 1.35 bits per heavy atom. The predicted octanol–water partition coefficient (Wildman–Crippen LogP) is 1.88. The zero-order valence-corrected chi connectivity index (χ0v) is 9.00. The van der Waals surface area contributed by atoms with Crippen LogP contribution in [0, 0.1) is 11.6 Å². The molecule has 0 aliphatic carbocycles. The summed E-state index contributed by atoms with van der Waals surface area (Å²) in [6, 6.07) is 2.65. The summed E-state index contributed by atoms with van der Waals surface area (Å²) in [7, 11) is 0. The van der Waals surface area contributed by atoms with E-state index in [9.17, 15) is 13.6 Å². The van der Waals surface area contributed by atoms with Crippen molar-refractivity contribution in [3.05, 3.63) is 29.8 Å². The van der Waals surface area contributed by atoms with Gasteiger partial charge in [-0.2, -0.15) is 0 Å². The second-order valence-electron chi connectivity index (χ2n) is 3.76. The van der Waals surface area contributed by atoms with E-state index in [1.807, 2.05) is 0 Å². The normalized spacial score (nSPS) is 19.1. The maximum atomic E-state index is 13.2. The molecule has 0 saturated carbocycles. The van der Waals surface area contributed by atoms with Crippen LogP contribution in [-0.2, 0) is 4.74 Å². The Kier molecular flexibility index (Phi) is 3.53. The summed E-state index contributed by atoms with van der Waals surface area (Å²) >= 11 is 0. The van der Waals surface area contributed by atoms with Gasteiger partial charge in [0.1, 0.15) is 17.3 Å². The van der Waals surface area contributed by atoms with Crippen LogP contribution in [0.2, 0.25) is 0 Å². The predicted molar refractivity (Wildman–Crippen MR) is 57.7 cm³/mol. The first kappa shape index (κ1) is 11.8. The van der Waals surface area contributed by atoms with Crippen molar-refractivity contribution in [3.63, 3.8) is 0 Å². The number of rotatable bonds is 2. The van der Waals surface area contributed by atoms with E-state index in [1.165, 1.54) is 6.07 Å². The molecule has 4 nitrogen and oxygen atoms in total. The molecule has 2 N–H and O–H groups in total. The number of carbonyl (C=O) groups is 1. The topological polar surface area (TPSA) is 50.4 Å². The molecule has 1 unspecified atom stereocenters. The quantitative estimate of drug-likeness (QED) is 0.831. The Morgan fingerprint density at radius 3 is 2.65 bits per heavy atom. The first-order valence-electron chi connectivity index (χ1n) is 5.26. The third kappa shape index (κ3) is 2.91. The second-order valence-corrected chi connectivity index (χ2v) is 3.76. The largest absolute Gasteiger partial charge is 0.379 e. The minimum atomic E-state index is -0.803. The molecule has 1 aromatic rings. The van der Waals surface area contributed by atoms with E-state index in [0.29, 0.717) is 19.6 Å². The number of nitrogens with one attached hydrogen (secondary N) is 2. The Hall–Kier alpha value is -1.69. The lowest BCUT2D eigenvalue weighted by Crippen LogP contribution is -2.38. The SMILES string of the molecule is O=C(Nc1c(F)cccc1F)NC1CCOC1. The number of halogens is 2. The van der Waals surface area contributed by atoms with Crippen molar-refractivity contribution in [2.75, 3.05) is 18.5 Å². The molecule has 6 heteroatoms. The Bertz CT molecular complexity index is 400. The van der Waals surface area contributed by atoms with Crippen molar-refractivity contribution in [2.45, 2.75) is 12.5 Å². The second kappa shape index (κ2) is 5.09. The van der Waals surface area contributed by atoms with E-state index in [1.54, 1.807) is 0 Å². The molecule has 17 heavy (non-hydrogen) atoms. The molecule has 92 valence electrons. The molecule has 1 aliphatic rings. The van der Waals surface area contributed by atoms with Gasteiger partial charge in [0, 0.05) is 6.61 Å². The van der Waals surface area contributed by atoms with Crippen LogP contribution in [-0.4, -0.2) is 25.3 Å². The van der Waals surface area contributed by atoms with Crippen molar-refractivity contribution in [3.8, 4) is 0 Å². The van der Waals surface area contributed by atoms with Gasteiger partial charge in [-0.15, -0.1) is 0 Å². The van der Waals surface area contributed by atoms with E-state index >= 15 is 0 Å². The number of benzene rings is 1. The van der Waals surface area contributed by atoms with E-state index in [4.69, 9.17) is 4.74 Å². The highest BCUT2D eigenvalue weighted by molar-refractivity contribution is 5.89. The van der Waals surface area contributed by atoms with Gasteiger partial charge in [-0.1, -0.05) is 6.07 Å². The van der Waals surface area contributed by atoms with Gasteiger partial charge in [0.15, 0.2) is 0 Å². The van der Waals surface area contributed by atoms with Crippen LogP contribution in [0.4, 0.5) is 19.3 Å². The van der Waals surface area contributed by atoms with Crippen molar-refractivity contribution in [1.82, 2.24) is 5.32 Å². The molecule has 0 spiro atoms. The van der Waals surface area contributed by atoms with Crippen LogP contribution in [0.3, 0.4) is 0 Å². The number of carbonyl (C=O) groups excluding carboxylic acids is 1. The summed E-state index contributed by atoms with van der Waals surface area (Å²) in [6.45, 7) is 1.01. The maximum absolute atomic E-state index is 13.2. The molecule has 1 heterocycles. The van der Waals surface area contributed by atoms with E-state index in [0.717, 1.165) is 12.1 Å². The monoisotopic (exact) mass is 242 g/mol. The maximum Gasteiger partial charge on any atom is 0.319 e. The molecule has 2 amide bonds. The van der Waals surface area contributed by atoms with Crippen LogP contribution in [0.1, 0.15) is 6.42 Å². The first-order chi connectivity index (χ1) is 8.16. The summed E-state index contributed by atoms with van der Waals surface area (Å²) in [4.78, 5) is 11.5. The molecule has 1 saturated heterocycles. The van der Waals surface area contributed by atoms with Crippen molar-refractivity contribution in [2.24, 2.45) is 0 Å². The number of para-hydroxylation sites is 1. The molecule has 1 aromatic carbocycles. The summed E-state index contributed by atoms with van der Waals surface area (Å²) < 4.78 is 31.5. The smallest absolute Gasteiger partial charge is 0.319 e. The van der Waals surface area contributed by atoms with E-state index in [2.05, 4.69) is 10.6 Å².